The lowest BCUT2D eigenvalue weighted by Gasteiger charge is -2.48. The van der Waals surface area contributed by atoms with E-state index < -0.39 is 23.7 Å². The topological polar surface area (TPSA) is 83.5 Å². The molecule has 0 aromatic heterocycles. The molecular weight excluding hydrogens is 352 g/mol. The monoisotopic (exact) mass is 376 g/mol. The van der Waals surface area contributed by atoms with Crippen molar-refractivity contribution in [1.82, 2.24) is 0 Å². The van der Waals surface area contributed by atoms with Crippen molar-refractivity contribution in [3.05, 3.63) is 35.4 Å². The molecular formula is C20H24O7. The molecule has 1 aromatic carbocycles. The maximum atomic E-state index is 12.4. The van der Waals surface area contributed by atoms with Gasteiger partial charge in [-0.1, -0.05) is 18.2 Å². The summed E-state index contributed by atoms with van der Waals surface area (Å²) in [5, 5.41) is 10.9. The van der Waals surface area contributed by atoms with Crippen molar-refractivity contribution >= 4 is 5.97 Å². The number of hydrogen-bond acceptors (Lipinski definition) is 7. The maximum absolute atomic E-state index is 12.4. The highest BCUT2D eigenvalue weighted by atomic mass is 16.7. The molecule has 0 fully saturated rings. The third kappa shape index (κ3) is 2.56. The average molecular weight is 376 g/mol. The Hall–Kier alpha value is -2.09. The molecule has 1 heterocycles. The predicted octanol–water partition coefficient (Wildman–Crippen LogP) is 1.35. The number of carbonyl (C=O) groups is 1. The van der Waals surface area contributed by atoms with Gasteiger partial charge >= 0.3 is 5.97 Å². The lowest BCUT2D eigenvalue weighted by molar-refractivity contribution is -0.148. The molecule has 0 radical (unpaired) electrons. The molecule has 4 rings (SSSR count). The van der Waals surface area contributed by atoms with Crippen LogP contribution in [0, 0.1) is 5.92 Å². The summed E-state index contributed by atoms with van der Waals surface area (Å²) in [6.45, 7) is 0.0940. The number of aliphatic hydroxyl groups excluding tert-OH is 1. The number of benzene rings is 1. The number of methoxy groups -OCH3 is 3. The first-order valence-electron chi connectivity index (χ1n) is 8.97. The second-order valence-corrected chi connectivity index (χ2v) is 7.18. The highest BCUT2D eigenvalue weighted by Crippen LogP contribution is 2.60. The van der Waals surface area contributed by atoms with Crippen LogP contribution in [0.3, 0.4) is 0 Å². The number of esters is 1. The molecule has 0 unspecified atom stereocenters. The van der Waals surface area contributed by atoms with Crippen LogP contribution in [0.2, 0.25) is 0 Å². The summed E-state index contributed by atoms with van der Waals surface area (Å²) in [6.07, 6.45) is 2.83. The van der Waals surface area contributed by atoms with Gasteiger partial charge in [-0.25, -0.2) is 0 Å². The van der Waals surface area contributed by atoms with Crippen LogP contribution in [0.1, 0.15) is 17.5 Å². The molecule has 0 amide bonds. The Morgan fingerprint density at radius 3 is 2.81 bits per heavy atom. The predicted molar refractivity (Wildman–Crippen MR) is 94.8 cm³/mol. The third-order valence-electron chi connectivity index (χ3n) is 5.93. The Bertz CT molecular complexity index is 774. The van der Waals surface area contributed by atoms with Gasteiger partial charge in [0.2, 0.25) is 0 Å². The summed E-state index contributed by atoms with van der Waals surface area (Å²) in [5.41, 5.74) is 1.10. The van der Waals surface area contributed by atoms with Crippen molar-refractivity contribution in [3.63, 3.8) is 0 Å². The minimum absolute atomic E-state index is 0.0836. The fraction of sp³-hybridized carbons (Fsp3) is 0.550. The SMILES string of the molecule is COCO[C@@H]1C=C[C@@H]2[C@@H](O)Cc3ccc(OC)c4c3[C@]2(CC(=O)OC)[C@@H]1O4. The Morgan fingerprint density at radius 2 is 2.11 bits per heavy atom. The molecule has 7 nitrogen and oxygen atoms in total. The maximum Gasteiger partial charge on any atom is 0.306 e. The van der Waals surface area contributed by atoms with Gasteiger partial charge in [-0.3, -0.25) is 4.79 Å². The van der Waals surface area contributed by atoms with Crippen LogP contribution >= 0.6 is 0 Å². The van der Waals surface area contributed by atoms with Gasteiger partial charge in [0.1, 0.15) is 19.0 Å². The molecule has 5 atom stereocenters. The van der Waals surface area contributed by atoms with E-state index in [1.807, 2.05) is 24.3 Å². The quantitative estimate of drug-likeness (QED) is 0.456. The smallest absolute Gasteiger partial charge is 0.306 e. The molecule has 1 aliphatic heterocycles. The van der Waals surface area contributed by atoms with Crippen LogP contribution in [-0.4, -0.2) is 57.5 Å². The largest absolute Gasteiger partial charge is 0.493 e. The zero-order chi connectivity index (χ0) is 19.2. The minimum Gasteiger partial charge on any atom is -0.493 e. The van der Waals surface area contributed by atoms with Gasteiger partial charge < -0.3 is 28.8 Å². The zero-order valence-electron chi connectivity index (χ0n) is 15.6. The highest BCUT2D eigenvalue weighted by molar-refractivity contribution is 5.75. The lowest BCUT2D eigenvalue weighted by atomic mass is 9.56. The van der Waals surface area contributed by atoms with E-state index >= 15 is 0 Å². The van der Waals surface area contributed by atoms with Crippen molar-refractivity contribution in [3.8, 4) is 11.5 Å². The van der Waals surface area contributed by atoms with E-state index in [0.29, 0.717) is 17.9 Å². The van der Waals surface area contributed by atoms with Crippen LogP contribution in [0.25, 0.3) is 0 Å². The first-order valence-corrected chi connectivity index (χ1v) is 8.97. The molecule has 7 heteroatoms. The van der Waals surface area contributed by atoms with Gasteiger partial charge in [0.15, 0.2) is 11.5 Å². The lowest BCUT2D eigenvalue weighted by Crippen LogP contribution is -2.59. The highest BCUT2D eigenvalue weighted by Gasteiger charge is 2.63. The second kappa shape index (κ2) is 6.82. The summed E-state index contributed by atoms with van der Waals surface area (Å²) in [6, 6.07) is 3.77. The minimum atomic E-state index is -0.781. The van der Waals surface area contributed by atoms with Crippen LogP contribution in [0.4, 0.5) is 0 Å². The van der Waals surface area contributed by atoms with E-state index in [9.17, 15) is 9.90 Å². The number of rotatable bonds is 6. The van der Waals surface area contributed by atoms with Crippen LogP contribution in [0.5, 0.6) is 11.5 Å². The molecule has 0 spiro atoms. The second-order valence-electron chi connectivity index (χ2n) is 7.18. The first-order chi connectivity index (χ1) is 13.1. The number of hydrogen-bond donors (Lipinski definition) is 1. The zero-order valence-corrected chi connectivity index (χ0v) is 15.6. The van der Waals surface area contributed by atoms with E-state index in [1.54, 1.807) is 14.2 Å². The molecule has 2 aliphatic carbocycles. The molecule has 27 heavy (non-hydrogen) atoms. The van der Waals surface area contributed by atoms with E-state index in [4.69, 9.17) is 23.7 Å². The molecule has 146 valence electrons. The Morgan fingerprint density at radius 1 is 1.30 bits per heavy atom. The van der Waals surface area contributed by atoms with E-state index in [1.165, 1.54) is 7.11 Å². The van der Waals surface area contributed by atoms with Crippen molar-refractivity contribution in [1.29, 1.82) is 0 Å². The van der Waals surface area contributed by atoms with Gasteiger partial charge in [0.05, 0.1) is 32.2 Å². The summed E-state index contributed by atoms with van der Waals surface area (Å²) in [4.78, 5) is 12.4. The summed E-state index contributed by atoms with van der Waals surface area (Å²) >= 11 is 0. The van der Waals surface area contributed by atoms with Gasteiger partial charge in [-0.2, -0.15) is 0 Å². The van der Waals surface area contributed by atoms with Crippen LogP contribution < -0.4 is 9.47 Å². The van der Waals surface area contributed by atoms with E-state index in [2.05, 4.69) is 0 Å². The number of ether oxygens (including phenoxy) is 5. The van der Waals surface area contributed by atoms with Crippen LogP contribution in [-0.2, 0) is 30.8 Å². The average Bonchev–Trinajstić information content (AvgIpc) is 3.01. The van der Waals surface area contributed by atoms with Crippen molar-refractivity contribution < 1.29 is 33.6 Å². The molecule has 1 aromatic rings. The summed E-state index contributed by atoms with van der Waals surface area (Å²) < 4.78 is 27.7. The molecule has 0 saturated heterocycles. The fourth-order valence-electron chi connectivity index (χ4n) is 4.89. The molecule has 0 bridgehead atoms. The Labute approximate surface area is 157 Å². The molecule has 0 saturated carbocycles. The fourth-order valence-corrected chi connectivity index (χ4v) is 4.89. The normalized spacial score (nSPS) is 32.6. The summed E-state index contributed by atoms with van der Waals surface area (Å²) in [5.74, 6) is 0.582. The van der Waals surface area contributed by atoms with E-state index in [-0.39, 0.29) is 25.1 Å². The third-order valence-corrected chi connectivity index (χ3v) is 5.93. The standard InChI is InChI=1S/C20H24O7/c1-23-10-26-15-7-5-12-13(21)8-11-4-6-14(24-2)18-17(11)20(12,19(15)27-18)9-16(22)25-3/h4-7,12-13,15,19,21H,8-10H2,1-3H3/t12-,13+,15-,19-,20-/m1/s1. The van der Waals surface area contributed by atoms with E-state index in [0.717, 1.165) is 11.1 Å². The molecule has 1 N–H and O–H groups in total. The summed E-state index contributed by atoms with van der Waals surface area (Å²) in [7, 11) is 4.50. The van der Waals surface area contributed by atoms with Gasteiger partial charge in [-0.05, 0) is 18.1 Å². The first kappa shape index (κ1) is 18.3. The number of aliphatic hydroxyl groups is 1. The van der Waals surface area contributed by atoms with Gasteiger partial charge in [-0.15, -0.1) is 0 Å². The van der Waals surface area contributed by atoms with Crippen LogP contribution in [0.15, 0.2) is 24.3 Å². The van der Waals surface area contributed by atoms with Crippen molar-refractivity contribution in [2.45, 2.75) is 36.6 Å². The van der Waals surface area contributed by atoms with Crippen molar-refractivity contribution in [2.24, 2.45) is 5.92 Å². The number of carbonyl (C=O) groups excluding carboxylic acids is 1. The van der Waals surface area contributed by atoms with Gasteiger partial charge in [0, 0.05) is 18.6 Å². The Balaban J connectivity index is 1.91. The molecule has 3 aliphatic rings. The Kier molecular flexibility index (Phi) is 4.61. The van der Waals surface area contributed by atoms with Gasteiger partial charge in [0.25, 0.3) is 0 Å². The van der Waals surface area contributed by atoms with Crippen molar-refractivity contribution in [2.75, 3.05) is 28.1 Å².